The molecule has 0 heterocycles. The van der Waals surface area contributed by atoms with Gasteiger partial charge in [0.2, 0.25) is 20.0 Å². The van der Waals surface area contributed by atoms with Crippen molar-refractivity contribution in [1.29, 1.82) is 0 Å². The highest BCUT2D eigenvalue weighted by Gasteiger charge is 2.38. The largest absolute Gasteiger partial charge is 0.364 e. The van der Waals surface area contributed by atoms with Crippen molar-refractivity contribution in [2.75, 3.05) is 35.4 Å². The van der Waals surface area contributed by atoms with E-state index in [0.29, 0.717) is 16.4 Å². The van der Waals surface area contributed by atoms with Crippen LogP contribution >= 0.6 is 0 Å². The van der Waals surface area contributed by atoms with Gasteiger partial charge in [-0.05, 0) is 49.2 Å². The van der Waals surface area contributed by atoms with Gasteiger partial charge in [-0.1, -0.05) is 128 Å². The zero-order valence-electron chi connectivity index (χ0n) is 51.5. The highest BCUT2D eigenvalue weighted by molar-refractivity contribution is 7.99. The van der Waals surface area contributed by atoms with E-state index >= 15 is 0 Å². The normalized spacial score (nSPS) is 15.0. The molecule has 0 saturated heterocycles. The van der Waals surface area contributed by atoms with Crippen LogP contribution in [0.2, 0.25) is 0 Å². The number of carbonyl (C=O) groups excluding carboxylic acids is 5. The van der Waals surface area contributed by atoms with Crippen LogP contribution in [0.1, 0.15) is 103 Å². The summed E-state index contributed by atoms with van der Waals surface area (Å²) in [7, 11) is -13.6. The number of allylic oxidation sites excluding steroid dienone is 9. The minimum Gasteiger partial charge on any atom is -0.361 e. The zero-order valence-corrected chi connectivity index (χ0v) is 55.6. The second-order valence-corrected chi connectivity index (χ2v) is 30.2. The van der Waals surface area contributed by atoms with E-state index in [1.165, 1.54) is 50.5 Å². The van der Waals surface area contributed by atoms with E-state index in [1.54, 1.807) is 36.4 Å². The average Bonchev–Trinajstić information content (AvgIpc) is 0.796. The van der Waals surface area contributed by atoms with E-state index in [0.717, 1.165) is 76.0 Å². The Hall–Kier alpha value is -9.36. The summed E-state index contributed by atoms with van der Waals surface area (Å²) in [6.07, 6.45) is 9.19. The summed E-state index contributed by atoms with van der Waals surface area (Å²) in [6, 6.07) is 18.5. The van der Waals surface area contributed by atoms with Gasteiger partial charge in [0, 0.05) is 33.4 Å². The summed E-state index contributed by atoms with van der Waals surface area (Å²) in [5, 5.41) is 0. The smallest absolute Gasteiger partial charge is 0.361 e. The van der Waals surface area contributed by atoms with Crippen LogP contribution in [0.5, 0.6) is 0 Å². The number of hydrogen-bond acceptors (Lipinski definition) is 18. The molecule has 0 amide bonds. The Balaban J connectivity index is 0.000000379. The summed E-state index contributed by atoms with van der Waals surface area (Å²) >= 11 is 0. The first kappa shape index (κ1) is 78.7. The van der Waals surface area contributed by atoms with Gasteiger partial charge >= 0.3 is 28.6 Å². The first-order chi connectivity index (χ1) is 42.5. The fourth-order valence-corrected chi connectivity index (χ4v) is 10.9. The molecule has 30 nitrogen and oxygen atoms in total. The summed E-state index contributed by atoms with van der Waals surface area (Å²) in [5.74, 6) is -2.69. The summed E-state index contributed by atoms with van der Waals surface area (Å²) in [6.45, 7) is 17.5. The van der Waals surface area contributed by atoms with Gasteiger partial charge in [-0.2, -0.15) is 49.2 Å². The number of carbonyl (C=O) groups is 5. The Kier molecular flexibility index (Phi) is 28.3. The van der Waals surface area contributed by atoms with Crippen LogP contribution in [0.25, 0.3) is 42.4 Å². The molecule has 488 valence electrons. The van der Waals surface area contributed by atoms with Gasteiger partial charge in [-0.25, -0.2) is 26.3 Å². The van der Waals surface area contributed by atoms with Crippen molar-refractivity contribution in [3.05, 3.63) is 198 Å². The number of nitrogens with zero attached hydrogens (tertiary/aromatic N) is 10. The fourth-order valence-electron chi connectivity index (χ4n) is 6.74. The van der Waals surface area contributed by atoms with E-state index in [2.05, 4.69) is 101 Å². The lowest BCUT2D eigenvalue weighted by atomic mass is 9.95. The number of sulfonamides is 2. The number of fused-ring (bicyclic) bond motifs is 3. The number of benzene rings is 3. The zero-order chi connectivity index (χ0) is 70.5. The van der Waals surface area contributed by atoms with Crippen molar-refractivity contribution in [3.8, 4) is 0 Å². The van der Waals surface area contributed by atoms with Crippen LogP contribution in [0.3, 0.4) is 0 Å². The summed E-state index contributed by atoms with van der Waals surface area (Å²) in [4.78, 5) is 70.3. The minimum absolute atomic E-state index is 0.0898. The molecule has 92 heavy (non-hydrogen) atoms. The van der Waals surface area contributed by atoms with Gasteiger partial charge in [0.15, 0.2) is 0 Å². The molecular weight excluding hydrogens is 1300 g/mol. The highest BCUT2D eigenvalue weighted by atomic mass is 32.2. The Morgan fingerprint density at radius 2 is 0.598 bits per heavy atom. The van der Waals surface area contributed by atoms with Crippen LogP contribution in [-0.4, -0.2) is 159 Å². The topological polar surface area (TPSA) is 490 Å². The molecule has 3 aromatic rings. The predicted octanol–water partition coefficient (Wildman–Crippen LogP) is 5.18. The lowest BCUT2D eigenvalue weighted by Crippen LogP contribution is -2.27. The van der Waals surface area contributed by atoms with Gasteiger partial charge in [0.25, 0.3) is 59.3 Å². The molecule has 0 atom stereocenters. The number of Topliss-reactive ketones (excluding diaryl/α,β-unsaturated/α-hetero) is 3. The highest BCUT2D eigenvalue weighted by Crippen LogP contribution is 2.32. The average molecular weight is 1360 g/mol. The molecule has 8 rings (SSSR count). The Morgan fingerprint density at radius 3 is 0.870 bits per heavy atom. The van der Waals surface area contributed by atoms with Gasteiger partial charge in [-0.15, -0.1) is 0 Å². The SMILES string of the molecule is CC(C)(C)C.CC(C)(C)C.CNS(=O)(=O)C1=CC(=[N+]=[N-])C(=O)C=C1.CNS(=O)(=O)C1=CC(=[N+]=[N-])C(=O)c2ccccc21.COS(=O)(=O)C1=CC(=[N+]=[N-])C(=O)C=C1.COS(=O)(=O)C1=CC(=[N+]=[N-])C(=O)c2ccccc21.COS(=O)(=O)C1=CC(=[N+]=[N-])C(=O)c2ccccc21. The molecular formula is C57H62N12O18S5. The Bertz CT molecular complexity index is 4200. The third-order valence-electron chi connectivity index (χ3n) is 10.8. The fraction of sp³-hybridized carbons (Fsp3) is 0.263. The Labute approximate surface area is 531 Å². The maximum Gasteiger partial charge on any atom is 0.364 e. The van der Waals surface area contributed by atoms with Crippen molar-refractivity contribution < 1.29 is 103 Å². The lowest BCUT2D eigenvalue weighted by molar-refractivity contribution is -0.113. The molecule has 0 unspecified atom stereocenters. The lowest BCUT2D eigenvalue weighted by Gasteiger charge is -2.14. The maximum atomic E-state index is 11.9. The van der Waals surface area contributed by atoms with E-state index in [-0.39, 0.29) is 80.9 Å². The first-order valence-corrected chi connectivity index (χ1v) is 33.1. The van der Waals surface area contributed by atoms with Crippen molar-refractivity contribution in [1.82, 2.24) is 9.44 Å². The minimum atomic E-state index is -3.98. The van der Waals surface area contributed by atoms with Crippen molar-refractivity contribution in [3.63, 3.8) is 0 Å². The molecule has 0 radical (unpaired) electrons. The molecule has 3 aromatic carbocycles. The van der Waals surface area contributed by atoms with Crippen molar-refractivity contribution in [2.45, 2.75) is 55.4 Å². The molecule has 5 aliphatic rings. The monoisotopic (exact) mass is 1360 g/mol. The van der Waals surface area contributed by atoms with Crippen LogP contribution in [0.15, 0.2) is 137 Å². The van der Waals surface area contributed by atoms with Gasteiger partial charge in [0.05, 0.1) is 61.5 Å². The van der Waals surface area contributed by atoms with E-state index in [4.69, 9.17) is 27.7 Å². The third kappa shape index (κ3) is 22.0. The summed E-state index contributed by atoms with van der Waals surface area (Å²) in [5.41, 5.74) is 43.6. The maximum absolute atomic E-state index is 11.9. The molecule has 35 heteroatoms. The van der Waals surface area contributed by atoms with E-state index in [9.17, 15) is 66.1 Å². The first-order valence-electron chi connectivity index (χ1n) is 25.9. The number of hydrogen-bond donors (Lipinski definition) is 2. The molecule has 0 fully saturated rings. The molecule has 2 N–H and O–H groups in total. The molecule has 0 saturated carbocycles. The molecule has 0 aliphatic heterocycles. The van der Waals surface area contributed by atoms with Gasteiger partial charge in [0.1, 0.15) is 14.7 Å². The Morgan fingerprint density at radius 1 is 0.348 bits per heavy atom. The van der Waals surface area contributed by atoms with Crippen LogP contribution in [-0.2, 0) is 72.5 Å². The predicted molar refractivity (Wildman–Crippen MR) is 338 cm³/mol. The van der Waals surface area contributed by atoms with Crippen molar-refractivity contribution in [2.24, 2.45) is 10.8 Å². The van der Waals surface area contributed by atoms with Gasteiger partial charge in [-0.3, -0.25) is 36.5 Å². The second-order valence-electron chi connectivity index (χ2n) is 21.3. The van der Waals surface area contributed by atoms with Crippen LogP contribution < -0.4 is 9.44 Å². The van der Waals surface area contributed by atoms with Gasteiger partial charge < -0.3 is 27.7 Å². The molecule has 0 spiro atoms. The standard InChI is InChI=1S/C11H9N3O3S.2C11H8N2O4S.C7H7N3O3S.C7H6N2O4S.2C5H12/c1-13-18(16,17)10-6-9(14-12)11(15)8-5-3-2-4-7(8)10;2*1-17-18(15,16)10-6-9(13-12)11(14)8-5-3-2-4-7(8)10;1-9-14(12,13)5-2-3-7(11)6(4-5)10-8;1-13-14(11,12)5-2-3-7(10)6(4-5)9-8;2*1-5(2,3)4/h2-6,13H,1H3;2*2-6H,1H3;2-4,9H,1H3;2-4H,1H3;2*1-4H3. The van der Waals surface area contributed by atoms with E-state index < -0.39 is 79.3 Å². The molecule has 0 bridgehead atoms. The number of nitrogens with one attached hydrogen (secondary N) is 2. The second kappa shape index (κ2) is 33.1. The third-order valence-corrected chi connectivity index (χ3v) is 17.6. The summed E-state index contributed by atoms with van der Waals surface area (Å²) < 4.78 is 133. The number of ketones is 5. The van der Waals surface area contributed by atoms with Crippen LogP contribution in [0, 0.1) is 10.8 Å². The molecule has 0 aromatic heterocycles. The quantitative estimate of drug-likeness (QED) is 0.114. The number of rotatable bonds is 10. The molecule has 5 aliphatic carbocycles. The van der Waals surface area contributed by atoms with Crippen molar-refractivity contribution >= 4 is 123 Å². The van der Waals surface area contributed by atoms with Crippen LogP contribution in [0.4, 0.5) is 0 Å². The van der Waals surface area contributed by atoms with E-state index in [1.807, 2.05) is 0 Å².